The summed E-state index contributed by atoms with van der Waals surface area (Å²) in [5, 5.41) is 16.6. The number of hydrogen-bond acceptors (Lipinski definition) is 3. The van der Waals surface area contributed by atoms with Gasteiger partial charge in [-0.15, -0.1) is 0 Å². The Balaban J connectivity index is 1.71. The van der Waals surface area contributed by atoms with Crippen molar-refractivity contribution in [1.29, 1.82) is 0 Å². The molecule has 0 radical (unpaired) electrons. The average Bonchev–Trinajstić information content (AvgIpc) is 2.47. The van der Waals surface area contributed by atoms with Gasteiger partial charge in [-0.25, -0.2) is 0 Å². The van der Waals surface area contributed by atoms with Gasteiger partial charge in [0.2, 0.25) is 5.91 Å². The van der Waals surface area contributed by atoms with Crippen LogP contribution in [0.15, 0.2) is 30.3 Å². The molecule has 0 heterocycles. The number of nitrogens with one attached hydrogen (secondary N) is 2. The van der Waals surface area contributed by atoms with E-state index in [1.165, 1.54) is 6.42 Å². The number of para-hydroxylation sites is 1. The number of aliphatic hydroxyl groups is 1. The minimum absolute atomic E-state index is 0.00293. The third-order valence-corrected chi connectivity index (χ3v) is 4.11. The molecule has 1 unspecified atom stereocenters. The van der Waals surface area contributed by atoms with Crippen molar-refractivity contribution in [2.75, 3.05) is 11.9 Å². The average molecular weight is 290 g/mol. The molecule has 116 valence electrons. The smallest absolute Gasteiger partial charge is 0.225 e. The van der Waals surface area contributed by atoms with Gasteiger partial charge < -0.3 is 15.7 Å². The van der Waals surface area contributed by atoms with Gasteiger partial charge in [-0.2, -0.15) is 0 Å². The predicted molar refractivity (Wildman–Crippen MR) is 85.2 cm³/mol. The lowest BCUT2D eigenvalue weighted by Gasteiger charge is -2.33. The maximum atomic E-state index is 11.9. The van der Waals surface area contributed by atoms with E-state index in [0.717, 1.165) is 31.4 Å². The second kappa shape index (κ2) is 7.57. The highest BCUT2D eigenvalue weighted by atomic mass is 16.3. The van der Waals surface area contributed by atoms with E-state index in [1.807, 2.05) is 37.3 Å². The highest BCUT2D eigenvalue weighted by Gasteiger charge is 2.29. The van der Waals surface area contributed by atoms with Gasteiger partial charge in [0.15, 0.2) is 0 Å². The van der Waals surface area contributed by atoms with Crippen LogP contribution in [0.1, 0.15) is 45.4 Å². The number of rotatable bonds is 6. The highest BCUT2D eigenvalue weighted by molar-refractivity contribution is 5.90. The summed E-state index contributed by atoms with van der Waals surface area (Å²) in [6.07, 6.45) is 5.55. The van der Waals surface area contributed by atoms with Gasteiger partial charge in [0.25, 0.3) is 0 Å². The Hall–Kier alpha value is -1.39. The molecule has 1 amide bonds. The Morgan fingerprint density at radius 3 is 2.57 bits per heavy atom. The Labute approximate surface area is 126 Å². The molecule has 0 aliphatic heterocycles. The molecular weight excluding hydrogens is 264 g/mol. The number of anilines is 1. The van der Waals surface area contributed by atoms with Crippen LogP contribution in [-0.2, 0) is 4.79 Å². The lowest BCUT2D eigenvalue weighted by Crippen LogP contribution is -2.45. The summed E-state index contributed by atoms with van der Waals surface area (Å²) in [4.78, 5) is 11.9. The minimum Gasteiger partial charge on any atom is -0.389 e. The molecule has 21 heavy (non-hydrogen) atoms. The molecular formula is C17H26N2O2. The van der Waals surface area contributed by atoms with Gasteiger partial charge in [-0.1, -0.05) is 37.5 Å². The third kappa shape index (κ3) is 5.48. The first-order chi connectivity index (χ1) is 10.1. The second-order valence-corrected chi connectivity index (χ2v) is 6.19. The Bertz CT molecular complexity index is 441. The molecule has 1 aromatic rings. The van der Waals surface area contributed by atoms with Gasteiger partial charge in [-0.3, -0.25) is 4.79 Å². The van der Waals surface area contributed by atoms with Crippen LogP contribution in [-0.4, -0.2) is 29.2 Å². The number of hydrogen-bond donors (Lipinski definition) is 3. The van der Waals surface area contributed by atoms with Crippen LogP contribution >= 0.6 is 0 Å². The molecule has 1 aliphatic rings. The van der Waals surface area contributed by atoms with Crippen LogP contribution in [0.2, 0.25) is 0 Å². The molecule has 0 aromatic heterocycles. The molecule has 4 heteroatoms. The van der Waals surface area contributed by atoms with E-state index in [-0.39, 0.29) is 11.9 Å². The lowest BCUT2D eigenvalue weighted by atomic mass is 9.85. The number of benzene rings is 1. The molecule has 4 nitrogen and oxygen atoms in total. The fraction of sp³-hybridized carbons (Fsp3) is 0.588. The standard InChI is InChI=1S/C17H26N2O2/c1-14(18-13-17(21)10-6-3-7-11-17)12-16(20)19-15-8-4-2-5-9-15/h2,4-5,8-9,14,18,21H,3,6-7,10-13H2,1H3,(H,19,20). The van der Waals surface area contributed by atoms with Crippen molar-refractivity contribution in [3.63, 3.8) is 0 Å². The highest BCUT2D eigenvalue weighted by Crippen LogP contribution is 2.27. The SMILES string of the molecule is CC(CC(=O)Nc1ccccc1)NCC1(O)CCCCC1. The molecule has 2 rings (SSSR count). The Morgan fingerprint density at radius 2 is 1.90 bits per heavy atom. The van der Waals surface area contributed by atoms with Crippen LogP contribution in [0.5, 0.6) is 0 Å². The largest absolute Gasteiger partial charge is 0.389 e. The monoisotopic (exact) mass is 290 g/mol. The molecule has 1 saturated carbocycles. The summed E-state index contributed by atoms with van der Waals surface area (Å²) in [6.45, 7) is 2.56. The number of carbonyl (C=O) groups excluding carboxylic acids is 1. The molecule has 0 bridgehead atoms. The van der Waals surface area contributed by atoms with Gasteiger partial charge in [0.1, 0.15) is 0 Å². The van der Waals surface area contributed by atoms with E-state index in [4.69, 9.17) is 0 Å². The zero-order valence-corrected chi connectivity index (χ0v) is 12.8. The summed E-state index contributed by atoms with van der Waals surface area (Å²) >= 11 is 0. The van der Waals surface area contributed by atoms with Gasteiger partial charge in [0, 0.05) is 24.7 Å². The number of carbonyl (C=O) groups is 1. The van der Waals surface area contributed by atoms with E-state index in [2.05, 4.69) is 10.6 Å². The summed E-state index contributed by atoms with van der Waals surface area (Å²) in [6, 6.07) is 9.53. The maximum absolute atomic E-state index is 11.9. The molecule has 0 saturated heterocycles. The summed E-state index contributed by atoms with van der Waals surface area (Å²) < 4.78 is 0. The van der Waals surface area contributed by atoms with Crippen LogP contribution in [0.4, 0.5) is 5.69 Å². The van der Waals surface area contributed by atoms with Crippen LogP contribution in [0.3, 0.4) is 0 Å². The van der Waals surface area contributed by atoms with E-state index >= 15 is 0 Å². The van der Waals surface area contributed by atoms with Gasteiger partial charge in [0.05, 0.1) is 5.60 Å². The maximum Gasteiger partial charge on any atom is 0.225 e. The topological polar surface area (TPSA) is 61.4 Å². The van der Waals surface area contributed by atoms with Crippen molar-refractivity contribution in [1.82, 2.24) is 5.32 Å². The van der Waals surface area contributed by atoms with Crippen molar-refractivity contribution < 1.29 is 9.90 Å². The first-order valence-corrected chi connectivity index (χ1v) is 7.88. The minimum atomic E-state index is -0.581. The molecule has 1 fully saturated rings. The van der Waals surface area contributed by atoms with Crippen molar-refractivity contribution in [2.24, 2.45) is 0 Å². The Kier molecular flexibility index (Phi) is 5.76. The fourth-order valence-corrected chi connectivity index (χ4v) is 2.83. The Morgan fingerprint density at radius 1 is 1.24 bits per heavy atom. The summed E-state index contributed by atoms with van der Waals surface area (Å²) in [7, 11) is 0. The summed E-state index contributed by atoms with van der Waals surface area (Å²) in [5.74, 6) is -0.00293. The first kappa shape index (κ1) is 16.0. The van der Waals surface area contributed by atoms with E-state index in [0.29, 0.717) is 13.0 Å². The van der Waals surface area contributed by atoms with Gasteiger partial charge >= 0.3 is 0 Å². The molecule has 1 aromatic carbocycles. The lowest BCUT2D eigenvalue weighted by molar-refractivity contribution is -0.116. The summed E-state index contributed by atoms with van der Waals surface area (Å²) in [5.41, 5.74) is 0.239. The molecule has 0 spiro atoms. The van der Waals surface area contributed by atoms with E-state index in [1.54, 1.807) is 0 Å². The predicted octanol–water partition coefficient (Wildman–Crippen LogP) is 2.69. The van der Waals surface area contributed by atoms with E-state index < -0.39 is 5.60 Å². The van der Waals surface area contributed by atoms with Crippen LogP contribution < -0.4 is 10.6 Å². The van der Waals surface area contributed by atoms with Crippen molar-refractivity contribution >= 4 is 11.6 Å². The van der Waals surface area contributed by atoms with Gasteiger partial charge in [-0.05, 0) is 31.9 Å². The third-order valence-electron chi connectivity index (χ3n) is 4.11. The fourth-order valence-electron chi connectivity index (χ4n) is 2.83. The second-order valence-electron chi connectivity index (χ2n) is 6.19. The van der Waals surface area contributed by atoms with Crippen molar-refractivity contribution in [3.8, 4) is 0 Å². The molecule has 3 N–H and O–H groups in total. The first-order valence-electron chi connectivity index (χ1n) is 7.88. The zero-order valence-electron chi connectivity index (χ0n) is 12.8. The van der Waals surface area contributed by atoms with Crippen LogP contribution in [0.25, 0.3) is 0 Å². The number of amides is 1. The molecule has 1 atom stereocenters. The normalized spacial score (nSPS) is 19.0. The van der Waals surface area contributed by atoms with E-state index in [9.17, 15) is 9.90 Å². The van der Waals surface area contributed by atoms with Crippen LogP contribution in [0, 0.1) is 0 Å². The zero-order chi connectivity index (χ0) is 15.1. The molecule has 1 aliphatic carbocycles. The van der Waals surface area contributed by atoms with Crippen molar-refractivity contribution in [2.45, 2.75) is 57.1 Å². The van der Waals surface area contributed by atoms with Crippen molar-refractivity contribution in [3.05, 3.63) is 30.3 Å². The quantitative estimate of drug-likeness (QED) is 0.755.